The molecule has 0 radical (unpaired) electrons. The molecule has 96 valence electrons. The summed E-state index contributed by atoms with van der Waals surface area (Å²) < 4.78 is 10.9. The van der Waals surface area contributed by atoms with Gasteiger partial charge >= 0.3 is 0 Å². The highest BCUT2D eigenvalue weighted by atomic mass is 32.2. The highest BCUT2D eigenvalue weighted by molar-refractivity contribution is 7.84. The van der Waals surface area contributed by atoms with E-state index in [-0.39, 0.29) is 0 Å². The minimum Gasteiger partial charge on any atom is -0.310 e. The van der Waals surface area contributed by atoms with Gasteiger partial charge in [0, 0.05) is 47.5 Å². The number of hydrogen-bond donors (Lipinski definition) is 1. The molecule has 18 heavy (non-hydrogen) atoms. The summed E-state index contributed by atoms with van der Waals surface area (Å²) in [5, 5.41) is 6.19. The van der Waals surface area contributed by atoms with Crippen LogP contribution in [0.3, 0.4) is 0 Å². The second-order valence-corrected chi connectivity index (χ2v) is 6.23. The summed E-state index contributed by atoms with van der Waals surface area (Å²) in [6, 6.07) is 5.80. The van der Waals surface area contributed by atoms with Crippen LogP contribution >= 0.6 is 11.3 Å². The molecule has 0 saturated carbocycles. The van der Waals surface area contributed by atoms with Crippen molar-refractivity contribution in [2.75, 3.05) is 18.6 Å². The van der Waals surface area contributed by atoms with E-state index in [9.17, 15) is 4.21 Å². The first kappa shape index (κ1) is 13.3. The summed E-state index contributed by atoms with van der Waals surface area (Å²) in [5.41, 5.74) is 1.91. The fourth-order valence-electron chi connectivity index (χ4n) is 1.43. The van der Waals surface area contributed by atoms with Crippen LogP contribution in [-0.2, 0) is 17.3 Å². The van der Waals surface area contributed by atoms with Crippen molar-refractivity contribution in [2.24, 2.45) is 0 Å². The van der Waals surface area contributed by atoms with Gasteiger partial charge in [-0.3, -0.25) is 9.19 Å². The van der Waals surface area contributed by atoms with E-state index in [0.717, 1.165) is 22.9 Å². The zero-order valence-corrected chi connectivity index (χ0v) is 11.8. The Morgan fingerprint density at radius 3 is 3.06 bits per heavy atom. The molecular weight excluding hydrogens is 266 g/mol. The Labute approximate surface area is 113 Å². The van der Waals surface area contributed by atoms with Crippen LogP contribution in [-0.4, -0.2) is 32.7 Å². The lowest BCUT2D eigenvalue weighted by atomic mass is 10.4. The Balaban J connectivity index is 1.89. The first-order valence-corrected chi connectivity index (χ1v) is 8.23. The molecule has 2 aromatic rings. The van der Waals surface area contributed by atoms with Gasteiger partial charge in [0.1, 0.15) is 5.01 Å². The van der Waals surface area contributed by atoms with Gasteiger partial charge < -0.3 is 5.32 Å². The molecule has 1 atom stereocenters. The topological polar surface area (TPSA) is 54.9 Å². The van der Waals surface area contributed by atoms with Crippen LogP contribution < -0.4 is 5.32 Å². The van der Waals surface area contributed by atoms with Crippen molar-refractivity contribution in [3.63, 3.8) is 0 Å². The van der Waals surface area contributed by atoms with Crippen LogP contribution in [0.25, 0.3) is 10.7 Å². The molecule has 2 heterocycles. The predicted molar refractivity (Wildman–Crippen MR) is 76.0 cm³/mol. The molecule has 2 rings (SSSR count). The van der Waals surface area contributed by atoms with Crippen LogP contribution in [0.15, 0.2) is 29.8 Å². The largest absolute Gasteiger partial charge is 0.310 e. The molecule has 0 saturated heterocycles. The van der Waals surface area contributed by atoms with Gasteiger partial charge in [0.25, 0.3) is 0 Å². The van der Waals surface area contributed by atoms with Crippen LogP contribution in [0.1, 0.15) is 5.69 Å². The van der Waals surface area contributed by atoms with E-state index < -0.39 is 10.8 Å². The van der Waals surface area contributed by atoms with Gasteiger partial charge in [-0.1, -0.05) is 6.07 Å². The molecule has 1 unspecified atom stereocenters. The quantitative estimate of drug-likeness (QED) is 0.818. The average Bonchev–Trinajstić information content (AvgIpc) is 2.84. The number of pyridine rings is 1. The van der Waals surface area contributed by atoms with Crippen molar-refractivity contribution in [3.8, 4) is 10.7 Å². The summed E-state index contributed by atoms with van der Waals surface area (Å²) in [5.74, 6) is 0.678. The fraction of sp³-hybridized carbons (Fsp3) is 0.333. The molecule has 0 spiro atoms. The maximum Gasteiger partial charge on any atom is 0.142 e. The Hall–Kier alpha value is -1.11. The van der Waals surface area contributed by atoms with Crippen molar-refractivity contribution in [1.29, 1.82) is 0 Å². The molecule has 0 aliphatic heterocycles. The van der Waals surface area contributed by atoms with E-state index in [1.807, 2.05) is 23.6 Å². The molecule has 2 aromatic heterocycles. The molecule has 0 bridgehead atoms. The highest BCUT2D eigenvalue weighted by Gasteiger charge is 2.04. The summed E-state index contributed by atoms with van der Waals surface area (Å²) in [4.78, 5) is 8.78. The summed E-state index contributed by atoms with van der Waals surface area (Å²) in [7, 11) is -0.738. The third kappa shape index (κ3) is 3.97. The van der Waals surface area contributed by atoms with E-state index in [4.69, 9.17) is 0 Å². The Bertz CT molecular complexity index is 513. The Kier molecular flexibility index (Phi) is 4.98. The molecule has 0 fully saturated rings. The zero-order valence-electron chi connectivity index (χ0n) is 10.1. The van der Waals surface area contributed by atoms with Gasteiger partial charge in [-0.25, -0.2) is 4.98 Å². The number of nitrogens with one attached hydrogen (secondary N) is 1. The molecule has 0 aliphatic carbocycles. The predicted octanol–water partition coefficient (Wildman–Crippen LogP) is 1.67. The Morgan fingerprint density at radius 1 is 1.44 bits per heavy atom. The first-order valence-electron chi connectivity index (χ1n) is 5.62. The smallest absolute Gasteiger partial charge is 0.142 e. The second-order valence-electron chi connectivity index (χ2n) is 3.81. The van der Waals surface area contributed by atoms with Gasteiger partial charge in [-0.15, -0.1) is 11.3 Å². The monoisotopic (exact) mass is 281 g/mol. The van der Waals surface area contributed by atoms with Crippen molar-refractivity contribution in [2.45, 2.75) is 6.54 Å². The standard InChI is InChI=1S/C12H15N3OS2/c1-18(16)7-6-13-8-10-9-17-12(15-10)11-4-2-3-5-14-11/h2-5,9,13H,6-8H2,1H3. The Morgan fingerprint density at radius 2 is 2.33 bits per heavy atom. The molecule has 1 N–H and O–H groups in total. The van der Waals surface area contributed by atoms with Gasteiger partial charge in [-0.2, -0.15) is 0 Å². The minimum absolute atomic E-state index is 0.678. The first-order chi connectivity index (χ1) is 8.75. The summed E-state index contributed by atoms with van der Waals surface area (Å²) >= 11 is 1.59. The number of thiazole rings is 1. The van der Waals surface area contributed by atoms with Crippen molar-refractivity contribution >= 4 is 22.1 Å². The normalized spacial score (nSPS) is 12.5. The third-order valence-electron chi connectivity index (χ3n) is 2.31. The molecule has 0 aromatic carbocycles. The average molecular weight is 281 g/mol. The minimum atomic E-state index is -0.738. The molecular formula is C12H15N3OS2. The zero-order chi connectivity index (χ0) is 12.8. The van der Waals surface area contributed by atoms with Crippen molar-refractivity contribution in [1.82, 2.24) is 15.3 Å². The third-order valence-corrected chi connectivity index (χ3v) is 4.00. The summed E-state index contributed by atoms with van der Waals surface area (Å²) in [6.07, 6.45) is 3.48. The lowest BCUT2D eigenvalue weighted by Crippen LogP contribution is -2.19. The molecule has 4 nitrogen and oxygen atoms in total. The second kappa shape index (κ2) is 6.72. The lowest BCUT2D eigenvalue weighted by Gasteiger charge is -2.00. The van der Waals surface area contributed by atoms with Gasteiger partial charge in [0.15, 0.2) is 0 Å². The van der Waals surface area contributed by atoms with Crippen LogP contribution in [0.2, 0.25) is 0 Å². The van der Waals surface area contributed by atoms with Gasteiger partial charge in [0.2, 0.25) is 0 Å². The fourth-order valence-corrected chi connectivity index (χ4v) is 2.65. The maximum atomic E-state index is 10.9. The number of hydrogen-bond acceptors (Lipinski definition) is 5. The van der Waals surface area contributed by atoms with Gasteiger partial charge in [0.05, 0.1) is 11.4 Å². The molecule has 0 aliphatic rings. The number of rotatable bonds is 6. The SMILES string of the molecule is CS(=O)CCNCc1csc(-c2ccccn2)n1. The van der Waals surface area contributed by atoms with E-state index in [1.54, 1.807) is 23.8 Å². The van der Waals surface area contributed by atoms with E-state index in [2.05, 4.69) is 15.3 Å². The van der Waals surface area contributed by atoms with Crippen molar-refractivity contribution < 1.29 is 4.21 Å². The number of aromatic nitrogens is 2. The van der Waals surface area contributed by atoms with E-state index in [1.165, 1.54) is 0 Å². The lowest BCUT2D eigenvalue weighted by molar-refractivity contribution is 0.674. The van der Waals surface area contributed by atoms with Gasteiger partial charge in [-0.05, 0) is 12.1 Å². The van der Waals surface area contributed by atoms with Crippen molar-refractivity contribution in [3.05, 3.63) is 35.5 Å². The summed E-state index contributed by atoms with van der Waals surface area (Å²) in [6.45, 7) is 1.46. The van der Waals surface area contributed by atoms with Crippen LogP contribution in [0.5, 0.6) is 0 Å². The maximum absolute atomic E-state index is 10.9. The van der Waals surface area contributed by atoms with E-state index >= 15 is 0 Å². The molecule has 0 amide bonds. The van der Waals surface area contributed by atoms with Crippen LogP contribution in [0, 0.1) is 0 Å². The number of nitrogens with zero attached hydrogens (tertiary/aromatic N) is 2. The highest BCUT2D eigenvalue weighted by Crippen LogP contribution is 2.20. The van der Waals surface area contributed by atoms with E-state index in [0.29, 0.717) is 12.3 Å². The molecule has 6 heteroatoms. The van der Waals surface area contributed by atoms with Crippen LogP contribution in [0.4, 0.5) is 0 Å².